The Bertz CT molecular complexity index is 312. The summed E-state index contributed by atoms with van der Waals surface area (Å²) < 4.78 is 13.7. The Kier molecular flexibility index (Phi) is 5.26. The molecule has 84 valence electrons. The molecule has 0 spiro atoms. The molecule has 1 nitrogen and oxygen atoms in total. The van der Waals surface area contributed by atoms with E-state index in [0.29, 0.717) is 6.04 Å². The zero-order chi connectivity index (χ0) is 11.3. The van der Waals surface area contributed by atoms with E-state index >= 15 is 0 Å². The molecule has 0 bridgehead atoms. The molecule has 3 heteroatoms. The molecule has 0 unspecified atom stereocenters. The maximum Gasteiger partial charge on any atom is 0.124 e. The smallest absolute Gasteiger partial charge is 0.124 e. The Morgan fingerprint density at radius 3 is 2.73 bits per heavy atom. The molecule has 0 aliphatic heterocycles. The second-order valence-electron chi connectivity index (χ2n) is 3.95. The van der Waals surface area contributed by atoms with Crippen LogP contribution in [0.5, 0.6) is 0 Å². The molecule has 0 saturated heterocycles. The zero-order valence-electron chi connectivity index (χ0n) is 9.19. The van der Waals surface area contributed by atoms with E-state index in [2.05, 4.69) is 35.1 Å². The van der Waals surface area contributed by atoms with E-state index in [0.717, 1.165) is 23.9 Å². The zero-order valence-corrected chi connectivity index (χ0v) is 10.8. The van der Waals surface area contributed by atoms with Gasteiger partial charge in [-0.15, -0.1) is 0 Å². The third-order valence-electron chi connectivity index (χ3n) is 2.19. The highest BCUT2D eigenvalue weighted by atomic mass is 79.9. The highest BCUT2D eigenvalue weighted by molar-refractivity contribution is 9.10. The average molecular weight is 274 g/mol. The Balaban J connectivity index is 2.37. The van der Waals surface area contributed by atoms with Crippen molar-refractivity contribution in [3.05, 3.63) is 34.1 Å². The number of halogens is 2. The van der Waals surface area contributed by atoms with Gasteiger partial charge in [-0.05, 0) is 37.1 Å². The lowest BCUT2D eigenvalue weighted by atomic mass is 10.1. The van der Waals surface area contributed by atoms with Crippen LogP contribution in [-0.2, 0) is 6.42 Å². The fourth-order valence-electron chi connectivity index (χ4n) is 1.39. The molecular formula is C12H17BrFN. The Morgan fingerprint density at radius 2 is 2.13 bits per heavy atom. The van der Waals surface area contributed by atoms with Crippen LogP contribution in [0.25, 0.3) is 0 Å². The first-order valence-corrected chi connectivity index (χ1v) is 6.06. The highest BCUT2D eigenvalue weighted by Crippen LogP contribution is 2.19. The molecule has 1 aromatic carbocycles. The van der Waals surface area contributed by atoms with Crippen molar-refractivity contribution in [2.75, 3.05) is 6.54 Å². The second-order valence-corrected chi connectivity index (χ2v) is 4.80. The van der Waals surface area contributed by atoms with Crippen molar-refractivity contribution in [2.45, 2.75) is 32.7 Å². The molecule has 0 aliphatic rings. The van der Waals surface area contributed by atoms with E-state index in [1.807, 2.05) is 6.07 Å². The summed E-state index contributed by atoms with van der Waals surface area (Å²) in [5, 5.41) is 3.36. The number of hydrogen-bond donors (Lipinski definition) is 1. The molecule has 1 rings (SSSR count). The van der Waals surface area contributed by atoms with Gasteiger partial charge in [0.05, 0.1) is 0 Å². The number of rotatable bonds is 5. The van der Waals surface area contributed by atoms with Crippen LogP contribution in [0.1, 0.15) is 25.8 Å². The van der Waals surface area contributed by atoms with E-state index < -0.39 is 0 Å². The monoisotopic (exact) mass is 273 g/mol. The van der Waals surface area contributed by atoms with Crippen LogP contribution in [0.2, 0.25) is 0 Å². The molecule has 0 saturated carbocycles. The summed E-state index contributed by atoms with van der Waals surface area (Å²) >= 11 is 3.37. The topological polar surface area (TPSA) is 12.0 Å². The first-order valence-electron chi connectivity index (χ1n) is 5.27. The molecule has 0 amide bonds. The molecule has 1 aromatic rings. The normalized spacial score (nSPS) is 11.0. The van der Waals surface area contributed by atoms with Crippen molar-refractivity contribution in [3.63, 3.8) is 0 Å². The number of hydrogen-bond acceptors (Lipinski definition) is 1. The predicted molar refractivity (Wildman–Crippen MR) is 65.6 cm³/mol. The fourth-order valence-corrected chi connectivity index (χ4v) is 1.94. The Morgan fingerprint density at radius 1 is 1.40 bits per heavy atom. The average Bonchev–Trinajstić information content (AvgIpc) is 2.14. The minimum atomic E-state index is -0.189. The number of benzene rings is 1. The van der Waals surface area contributed by atoms with Gasteiger partial charge in [0.25, 0.3) is 0 Å². The Hall–Kier alpha value is -0.410. The quantitative estimate of drug-likeness (QED) is 0.810. The molecule has 0 aromatic heterocycles. The number of aryl methyl sites for hydroxylation is 1. The van der Waals surface area contributed by atoms with Crippen LogP contribution in [-0.4, -0.2) is 12.6 Å². The van der Waals surface area contributed by atoms with Crippen LogP contribution in [0.15, 0.2) is 22.7 Å². The summed E-state index contributed by atoms with van der Waals surface area (Å²) in [6, 6.07) is 5.40. The van der Waals surface area contributed by atoms with Gasteiger partial charge in [0.15, 0.2) is 0 Å². The van der Waals surface area contributed by atoms with Crippen LogP contribution < -0.4 is 5.32 Å². The van der Waals surface area contributed by atoms with E-state index in [4.69, 9.17) is 0 Å². The summed E-state index contributed by atoms with van der Waals surface area (Å²) in [5.41, 5.74) is 1.17. The van der Waals surface area contributed by atoms with Gasteiger partial charge in [-0.2, -0.15) is 0 Å². The molecule has 0 aliphatic carbocycles. The molecular weight excluding hydrogens is 257 g/mol. The first-order chi connectivity index (χ1) is 7.09. The standard InChI is InChI=1S/C12H17BrFN/c1-9(2)15-7-3-4-10-5-6-11(14)8-12(10)13/h5-6,8-9,15H,3-4,7H2,1-2H3. The molecule has 0 fully saturated rings. The first kappa shape index (κ1) is 12.7. The summed E-state index contributed by atoms with van der Waals surface area (Å²) in [6.45, 7) is 5.27. The molecule has 1 N–H and O–H groups in total. The van der Waals surface area contributed by atoms with Crippen LogP contribution in [0, 0.1) is 5.82 Å². The lowest BCUT2D eigenvalue weighted by Gasteiger charge is -2.08. The van der Waals surface area contributed by atoms with Gasteiger partial charge < -0.3 is 5.32 Å². The molecule has 0 atom stereocenters. The highest BCUT2D eigenvalue weighted by Gasteiger charge is 2.01. The van der Waals surface area contributed by atoms with Crippen LogP contribution in [0.3, 0.4) is 0 Å². The summed E-state index contributed by atoms with van der Waals surface area (Å²) in [7, 11) is 0. The van der Waals surface area contributed by atoms with E-state index in [-0.39, 0.29) is 5.82 Å². The van der Waals surface area contributed by atoms with E-state index in [1.165, 1.54) is 17.7 Å². The van der Waals surface area contributed by atoms with E-state index in [9.17, 15) is 4.39 Å². The minimum Gasteiger partial charge on any atom is -0.315 e. The van der Waals surface area contributed by atoms with Crippen molar-refractivity contribution in [2.24, 2.45) is 0 Å². The van der Waals surface area contributed by atoms with Crippen molar-refractivity contribution in [1.29, 1.82) is 0 Å². The van der Waals surface area contributed by atoms with Gasteiger partial charge in [-0.3, -0.25) is 0 Å². The van der Waals surface area contributed by atoms with Gasteiger partial charge in [-0.1, -0.05) is 35.8 Å². The molecule has 0 radical (unpaired) electrons. The predicted octanol–water partition coefficient (Wildman–Crippen LogP) is 3.52. The van der Waals surface area contributed by atoms with Crippen molar-refractivity contribution in [3.8, 4) is 0 Å². The van der Waals surface area contributed by atoms with Gasteiger partial charge in [0, 0.05) is 10.5 Å². The van der Waals surface area contributed by atoms with Crippen molar-refractivity contribution in [1.82, 2.24) is 5.32 Å². The largest absolute Gasteiger partial charge is 0.315 e. The fraction of sp³-hybridized carbons (Fsp3) is 0.500. The minimum absolute atomic E-state index is 0.189. The number of nitrogens with one attached hydrogen (secondary N) is 1. The SMILES string of the molecule is CC(C)NCCCc1ccc(F)cc1Br. The van der Waals surface area contributed by atoms with Gasteiger partial charge in [-0.25, -0.2) is 4.39 Å². The van der Waals surface area contributed by atoms with Crippen molar-refractivity contribution < 1.29 is 4.39 Å². The molecule has 0 heterocycles. The lowest BCUT2D eigenvalue weighted by Crippen LogP contribution is -2.23. The third kappa shape index (κ3) is 4.76. The Labute approximate surface area is 99.2 Å². The molecule has 15 heavy (non-hydrogen) atoms. The van der Waals surface area contributed by atoms with Gasteiger partial charge in [0.1, 0.15) is 5.82 Å². The maximum absolute atomic E-state index is 12.8. The van der Waals surface area contributed by atoms with Crippen LogP contribution in [0.4, 0.5) is 4.39 Å². The third-order valence-corrected chi connectivity index (χ3v) is 2.93. The van der Waals surface area contributed by atoms with Gasteiger partial charge in [0.2, 0.25) is 0 Å². The second kappa shape index (κ2) is 6.23. The summed E-state index contributed by atoms with van der Waals surface area (Å²) in [5.74, 6) is -0.189. The lowest BCUT2D eigenvalue weighted by molar-refractivity contribution is 0.569. The van der Waals surface area contributed by atoms with E-state index in [1.54, 1.807) is 0 Å². The van der Waals surface area contributed by atoms with Crippen molar-refractivity contribution >= 4 is 15.9 Å². The van der Waals surface area contributed by atoms with Gasteiger partial charge >= 0.3 is 0 Å². The van der Waals surface area contributed by atoms with Crippen LogP contribution >= 0.6 is 15.9 Å². The summed E-state index contributed by atoms with van der Waals surface area (Å²) in [4.78, 5) is 0. The maximum atomic E-state index is 12.8. The summed E-state index contributed by atoms with van der Waals surface area (Å²) in [6.07, 6.45) is 2.04.